The van der Waals surface area contributed by atoms with E-state index in [-0.39, 0.29) is 6.23 Å². The highest BCUT2D eigenvalue weighted by atomic mass is 16.5. The summed E-state index contributed by atoms with van der Waals surface area (Å²) in [6, 6.07) is 8.12. The van der Waals surface area contributed by atoms with Crippen LogP contribution in [0.3, 0.4) is 0 Å². The lowest BCUT2D eigenvalue weighted by atomic mass is 10.1. The Morgan fingerprint density at radius 2 is 1.95 bits per heavy atom. The lowest BCUT2D eigenvalue weighted by molar-refractivity contribution is -0.0451. The fraction of sp³-hybridized carbons (Fsp3) is 0.529. The summed E-state index contributed by atoms with van der Waals surface area (Å²) in [6.45, 7) is 3.24. The van der Waals surface area contributed by atoms with Crippen LogP contribution in [-0.2, 0) is 4.74 Å². The summed E-state index contributed by atoms with van der Waals surface area (Å²) in [5, 5.41) is 0. The fourth-order valence-electron chi connectivity index (χ4n) is 2.74. The van der Waals surface area contributed by atoms with Crippen molar-refractivity contribution < 1.29 is 9.47 Å². The number of hydrogen-bond acceptors (Lipinski definition) is 4. The van der Waals surface area contributed by atoms with E-state index < -0.39 is 0 Å². The van der Waals surface area contributed by atoms with Crippen molar-refractivity contribution in [2.24, 2.45) is 5.73 Å². The average Bonchev–Trinajstić information content (AvgIpc) is 2.55. The molecule has 116 valence electrons. The minimum atomic E-state index is -0.0278. The fourth-order valence-corrected chi connectivity index (χ4v) is 2.74. The molecule has 1 aromatic rings. The van der Waals surface area contributed by atoms with E-state index in [2.05, 4.69) is 11.0 Å². The number of nitrogens with zero attached hydrogens (tertiary/aromatic N) is 1. The molecule has 4 nitrogen and oxygen atoms in total. The molecule has 1 atom stereocenters. The SMILES string of the molecule is COC(c1ccccc1OC/C=C\CN)N1CCCCC1. The van der Waals surface area contributed by atoms with E-state index in [1.807, 2.05) is 30.4 Å². The van der Waals surface area contributed by atoms with E-state index in [1.165, 1.54) is 19.3 Å². The maximum atomic E-state index is 5.86. The summed E-state index contributed by atoms with van der Waals surface area (Å²) in [4.78, 5) is 2.39. The Morgan fingerprint density at radius 1 is 1.19 bits per heavy atom. The summed E-state index contributed by atoms with van der Waals surface area (Å²) in [7, 11) is 1.77. The van der Waals surface area contributed by atoms with Crippen LogP contribution in [-0.4, -0.2) is 38.3 Å². The molecule has 1 aliphatic rings. The van der Waals surface area contributed by atoms with Crippen molar-refractivity contribution in [3.63, 3.8) is 0 Å². The van der Waals surface area contributed by atoms with Crippen LogP contribution in [0.2, 0.25) is 0 Å². The number of rotatable bonds is 7. The largest absolute Gasteiger partial charge is 0.489 e. The summed E-state index contributed by atoms with van der Waals surface area (Å²) >= 11 is 0. The van der Waals surface area contributed by atoms with Crippen molar-refractivity contribution in [2.45, 2.75) is 25.5 Å². The first-order chi connectivity index (χ1) is 10.4. The van der Waals surface area contributed by atoms with Gasteiger partial charge in [-0.1, -0.05) is 36.8 Å². The number of benzene rings is 1. The van der Waals surface area contributed by atoms with Gasteiger partial charge in [0.25, 0.3) is 0 Å². The Bertz CT molecular complexity index is 442. The zero-order valence-corrected chi connectivity index (χ0v) is 12.8. The maximum absolute atomic E-state index is 5.86. The number of likely N-dealkylation sites (tertiary alicyclic amines) is 1. The van der Waals surface area contributed by atoms with E-state index in [0.29, 0.717) is 13.2 Å². The van der Waals surface area contributed by atoms with Gasteiger partial charge in [-0.3, -0.25) is 4.90 Å². The van der Waals surface area contributed by atoms with Crippen molar-refractivity contribution >= 4 is 0 Å². The molecule has 1 aliphatic heterocycles. The smallest absolute Gasteiger partial charge is 0.139 e. The van der Waals surface area contributed by atoms with Crippen LogP contribution in [0.4, 0.5) is 0 Å². The normalized spacial score (nSPS) is 18.0. The molecule has 1 unspecified atom stereocenters. The summed E-state index contributed by atoms with van der Waals surface area (Å²) in [5.74, 6) is 0.886. The molecule has 0 spiro atoms. The Kier molecular flexibility index (Phi) is 6.73. The highest BCUT2D eigenvalue weighted by Crippen LogP contribution is 2.31. The minimum Gasteiger partial charge on any atom is -0.489 e. The number of piperidine rings is 1. The molecule has 2 rings (SSSR count). The van der Waals surface area contributed by atoms with Crippen molar-refractivity contribution in [3.05, 3.63) is 42.0 Å². The molecule has 0 saturated carbocycles. The average molecular weight is 290 g/mol. The number of nitrogens with two attached hydrogens (primary N) is 1. The second-order valence-electron chi connectivity index (χ2n) is 5.24. The van der Waals surface area contributed by atoms with Gasteiger partial charge in [0.15, 0.2) is 0 Å². The molecule has 2 N–H and O–H groups in total. The number of hydrogen-bond donors (Lipinski definition) is 1. The molecule has 0 amide bonds. The first kappa shape index (κ1) is 16.0. The third kappa shape index (κ3) is 4.56. The van der Waals surface area contributed by atoms with Gasteiger partial charge in [-0.2, -0.15) is 0 Å². The molecule has 0 aliphatic carbocycles. The third-order valence-electron chi connectivity index (χ3n) is 3.77. The second kappa shape index (κ2) is 8.82. The lowest BCUT2D eigenvalue weighted by Crippen LogP contribution is -2.34. The first-order valence-corrected chi connectivity index (χ1v) is 7.70. The first-order valence-electron chi connectivity index (χ1n) is 7.70. The van der Waals surface area contributed by atoms with Gasteiger partial charge in [-0.05, 0) is 18.9 Å². The van der Waals surface area contributed by atoms with Gasteiger partial charge < -0.3 is 15.2 Å². The zero-order chi connectivity index (χ0) is 14.9. The van der Waals surface area contributed by atoms with Gasteiger partial charge in [0.05, 0.1) is 0 Å². The van der Waals surface area contributed by atoms with Gasteiger partial charge >= 0.3 is 0 Å². The van der Waals surface area contributed by atoms with Gasteiger partial charge in [-0.15, -0.1) is 0 Å². The summed E-state index contributed by atoms with van der Waals surface area (Å²) < 4.78 is 11.6. The van der Waals surface area contributed by atoms with E-state index in [9.17, 15) is 0 Å². The maximum Gasteiger partial charge on any atom is 0.139 e. The molecule has 1 fully saturated rings. The van der Waals surface area contributed by atoms with Crippen LogP contribution in [0.1, 0.15) is 31.1 Å². The zero-order valence-electron chi connectivity index (χ0n) is 12.8. The predicted octanol–water partition coefficient (Wildman–Crippen LogP) is 2.71. The molecule has 21 heavy (non-hydrogen) atoms. The van der Waals surface area contributed by atoms with Crippen molar-refractivity contribution in [1.29, 1.82) is 0 Å². The highest BCUT2D eigenvalue weighted by molar-refractivity contribution is 5.35. The standard InChI is InChI=1S/C17H26N2O2/c1-20-17(19-12-6-2-7-13-19)15-9-3-4-10-16(15)21-14-8-5-11-18/h3-5,8-10,17H,2,6-7,11-14,18H2,1H3/b8-5-. The summed E-state index contributed by atoms with van der Waals surface area (Å²) in [5.41, 5.74) is 6.54. The number of ether oxygens (including phenoxy) is 2. The molecular formula is C17H26N2O2. The third-order valence-corrected chi connectivity index (χ3v) is 3.77. The van der Waals surface area contributed by atoms with Gasteiger partial charge in [0.1, 0.15) is 18.6 Å². The Morgan fingerprint density at radius 3 is 2.67 bits per heavy atom. The highest BCUT2D eigenvalue weighted by Gasteiger charge is 2.24. The molecule has 1 saturated heterocycles. The number of methoxy groups -OCH3 is 1. The molecular weight excluding hydrogens is 264 g/mol. The molecule has 4 heteroatoms. The molecule has 1 heterocycles. The van der Waals surface area contributed by atoms with Crippen LogP contribution in [0.25, 0.3) is 0 Å². The van der Waals surface area contributed by atoms with E-state index in [1.54, 1.807) is 7.11 Å². The van der Waals surface area contributed by atoms with Gasteiger partial charge in [-0.25, -0.2) is 0 Å². The topological polar surface area (TPSA) is 47.7 Å². The Hall–Kier alpha value is -1.36. The van der Waals surface area contributed by atoms with Gasteiger partial charge in [0, 0.05) is 32.3 Å². The van der Waals surface area contributed by atoms with Crippen LogP contribution >= 0.6 is 0 Å². The van der Waals surface area contributed by atoms with Crippen molar-refractivity contribution in [1.82, 2.24) is 4.90 Å². The van der Waals surface area contributed by atoms with Crippen LogP contribution in [0, 0.1) is 0 Å². The van der Waals surface area contributed by atoms with Crippen LogP contribution in [0.15, 0.2) is 36.4 Å². The quantitative estimate of drug-likeness (QED) is 0.784. The summed E-state index contributed by atoms with van der Waals surface area (Å²) in [6.07, 6.45) is 7.61. The van der Waals surface area contributed by atoms with E-state index in [0.717, 1.165) is 24.4 Å². The molecule has 1 aromatic carbocycles. The Labute approximate surface area is 127 Å². The second-order valence-corrected chi connectivity index (χ2v) is 5.24. The van der Waals surface area contributed by atoms with Crippen molar-refractivity contribution in [2.75, 3.05) is 33.4 Å². The molecule has 0 radical (unpaired) electrons. The van der Waals surface area contributed by atoms with Gasteiger partial charge in [0.2, 0.25) is 0 Å². The van der Waals surface area contributed by atoms with Crippen LogP contribution in [0.5, 0.6) is 5.75 Å². The minimum absolute atomic E-state index is 0.0278. The Balaban J connectivity index is 2.10. The van der Waals surface area contributed by atoms with E-state index >= 15 is 0 Å². The number of para-hydroxylation sites is 1. The van der Waals surface area contributed by atoms with Crippen molar-refractivity contribution in [3.8, 4) is 5.75 Å². The van der Waals surface area contributed by atoms with Crippen LogP contribution < -0.4 is 10.5 Å². The molecule has 0 aromatic heterocycles. The predicted molar refractivity (Wildman–Crippen MR) is 85.3 cm³/mol. The lowest BCUT2D eigenvalue weighted by Gasteiger charge is -2.34. The van der Waals surface area contributed by atoms with E-state index in [4.69, 9.17) is 15.2 Å². The molecule has 0 bridgehead atoms. The monoisotopic (exact) mass is 290 g/mol.